The molecule has 6 heteroatoms. The largest absolute Gasteiger partial charge is 0.267 e. The lowest BCUT2D eigenvalue weighted by atomic mass is 10.1. The van der Waals surface area contributed by atoms with E-state index >= 15 is 0 Å². The van der Waals surface area contributed by atoms with Crippen LogP contribution in [0, 0.1) is 4.77 Å². The van der Waals surface area contributed by atoms with E-state index in [1.165, 1.54) is 0 Å². The minimum atomic E-state index is 0.529. The summed E-state index contributed by atoms with van der Waals surface area (Å²) in [6.07, 6.45) is 0. The fourth-order valence-electron chi connectivity index (χ4n) is 3.36. The van der Waals surface area contributed by atoms with Crippen LogP contribution in [0.5, 0.6) is 0 Å². The molecule has 5 rings (SSSR count). The van der Waals surface area contributed by atoms with Gasteiger partial charge in [0.15, 0.2) is 10.6 Å². The molecule has 0 saturated carbocycles. The lowest BCUT2D eigenvalue weighted by Gasteiger charge is -2.07. The second kappa shape index (κ2) is 7.33. The second-order valence-corrected chi connectivity index (χ2v) is 6.94. The third-order valence-electron chi connectivity index (χ3n) is 4.70. The van der Waals surface area contributed by atoms with E-state index in [0.717, 1.165) is 28.3 Å². The second-order valence-electron chi connectivity index (χ2n) is 6.55. The van der Waals surface area contributed by atoms with Gasteiger partial charge in [-0.25, -0.2) is 4.68 Å². The Morgan fingerprint density at radius 3 is 1.97 bits per heavy atom. The molecule has 1 N–H and O–H groups in total. The van der Waals surface area contributed by atoms with Gasteiger partial charge in [-0.15, -0.1) is 0 Å². The molecule has 3 aromatic carbocycles. The van der Waals surface area contributed by atoms with Crippen molar-refractivity contribution in [2.24, 2.45) is 0 Å². The maximum absolute atomic E-state index is 5.49. The molecule has 2 aromatic heterocycles. The number of hydrogen-bond donors (Lipinski definition) is 1. The van der Waals surface area contributed by atoms with Crippen LogP contribution in [0.4, 0.5) is 0 Å². The molecular formula is C23H17N5S. The van der Waals surface area contributed by atoms with Gasteiger partial charge in [0.1, 0.15) is 5.69 Å². The average molecular weight is 395 g/mol. The molecule has 0 spiro atoms. The molecule has 0 aliphatic heterocycles. The van der Waals surface area contributed by atoms with Gasteiger partial charge in [0.05, 0.1) is 17.1 Å². The Bertz CT molecular complexity index is 1240. The Morgan fingerprint density at radius 1 is 0.724 bits per heavy atom. The van der Waals surface area contributed by atoms with Gasteiger partial charge < -0.3 is 0 Å². The molecule has 29 heavy (non-hydrogen) atoms. The highest BCUT2D eigenvalue weighted by molar-refractivity contribution is 7.71. The number of rotatable bonds is 4. The van der Waals surface area contributed by atoms with E-state index < -0.39 is 0 Å². The number of para-hydroxylation sites is 2. The van der Waals surface area contributed by atoms with Crippen LogP contribution in [-0.4, -0.2) is 24.5 Å². The summed E-state index contributed by atoms with van der Waals surface area (Å²) < 4.78 is 4.38. The lowest BCUT2D eigenvalue weighted by molar-refractivity contribution is 0.882. The standard InChI is InChI=1S/C23H17N5S/c29-23-25-24-22(27(23)18-12-6-2-7-13-18)20-16-21(17-10-4-1-5-11-17)28(26-20)19-14-8-3-9-15-19/h1-16H,(H,25,29). The summed E-state index contributed by atoms with van der Waals surface area (Å²) in [4.78, 5) is 0. The van der Waals surface area contributed by atoms with Gasteiger partial charge in [-0.3, -0.25) is 9.67 Å². The Hall–Kier alpha value is -3.77. The van der Waals surface area contributed by atoms with Crippen LogP contribution in [0.2, 0.25) is 0 Å². The molecule has 2 heterocycles. The van der Waals surface area contributed by atoms with Gasteiger partial charge in [0.25, 0.3) is 0 Å². The zero-order valence-corrected chi connectivity index (χ0v) is 16.3. The van der Waals surface area contributed by atoms with E-state index in [1.807, 2.05) is 94.2 Å². The first-order chi connectivity index (χ1) is 14.3. The fraction of sp³-hybridized carbons (Fsp3) is 0. The van der Waals surface area contributed by atoms with E-state index in [2.05, 4.69) is 22.3 Å². The molecule has 0 saturated heterocycles. The Labute approximate surface area is 172 Å². The molecular weight excluding hydrogens is 378 g/mol. The highest BCUT2D eigenvalue weighted by Crippen LogP contribution is 2.29. The van der Waals surface area contributed by atoms with E-state index in [0.29, 0.717) is 10.6 Å². The van der Waals surface area contributed by atoms with Crippen LogP contribution in [0.25, 0.3) is 34.2 Å². The third kappa shape index (κ3) is 3.19. The summed E-state index contributed by atoms with van der Waals surface area (Å²) in [7, 11) is 0. The molecule has 0 amide bonds. The minimum absolute atomic E-state index is 0.529. The zero-order chi connectivity index (χ0) is 19.6. The monoisotopic (exact) mass is 395 g/mol. The summed E-state index contributed by atoms with van der Waals surface area (Å²) in [5.74, 6) is 0.674. The molecule has 0 aliphatic rings. The Kier molecular flexibility index (Phi) is 4.38. The predicted molar refractivity (Wildman–Crippen MR) is 117 cm³/mol. The SMILES string of the molecule is S=c1[nH]nc(-c2cc(-c3ccccc3)n(-c3ccccc3)n2)n1-c1ccccc1. The van der Waals surface area contributed by atoms with Gasteiger partial charge in [-0.1, -0.05) is 66.7 Å². The molecule has 0 aliphatic carbocycles. The Balaban J connectivity index is 1.73. The van der Waals surface area contributed by atoms with Gasteiger partial charge in [0.2, 0.25) is 0 Å². The third-order valence-corrected chi connectivity index (χ3v) is 4.97. The number of H-pyrrole nitrogens is 1. The van der Waals surface area contributed by atoms with Crippen LogP contribution < -0.4 is 0 Å². The van der Waals surface area contributed by atoms with Crippen molar-refractivity contribution < 1.29 is 0 Å². The van der Waals surface area contributed by atoms with E-state index in [4.69, 9.17) is 17.3 Å². The molecule has 140 valence electrons. The number of nitrogens with zero attached hydrogens (tertiary/aromatic N) is 4. The first-order valence-corrected chi connectivity index (χ1v) is 9.66. The molecule has 0 bridgehead atoms. The van der Waals surface area contributed by atoms with Crippen LogP contribution in [0.15, 0.2) is 97.1 Å². The number of aromatic amines is 1. The molecule has 0 atom stereocenters. The smallest absolute Gasteiger partial charge is 0.200 e. The topological polar surface area (TPSA) is 51.4 Å². The van der Waals surface area contributed by atoms with Gasteiger partial charge >= 0.3 is 0 Å². The molecule has 0 unspecified atom stereocenters. The Morgan fingerprint density at radius 2 is 1.31 bits per heavy atom. The van der Waals surface area contributed by atoms with Crippen molar-refractivity contribution in [3.05, 3.63) is 102 Å². The average Bonchev–Trinajstić information content (AvgIpc) is 3.39. The van der Waals surface area contributed by atoms with Crippen LogP contribution in [-0.2, 0) is 0 Å². The van der Waals surface area contributed by atoms with Crippen molar-refractivity contribution in [1.82, 2.24) is 24.5 Å². The quantitative estimate of drug-likeness (QED) is 0.412. The minimum Gasteiger partial charge on any atom is -0.267 e. The highest BCUT2D eigenvalue weighted by atomic mass is 32.1. The molecule has 5 nitrogen and oxygen atoms in total. The summed E-state index contributed by atoms with van der Waals surface area (Å²) in [6, 6.07) is 32.3. The van der Waals surface area contributed by atoms with Crippen molar-refractivity contribution >= 4 is 12.2 Å². The van der Waals surface area contributed by atoms with E-state index in [-0.39, 0.29) is 0 Å². The van der Waals surface area contributed by atoms with Gasteiger partial charge in [-0.2, -0.15) is 10.2 Å². The van der Waals surface area contributed by atoms with Crippen LogP contribution in [0.3, 0.4) is 0 Å². The summed E-state index contributed by atoms with van der Waals surface area (Å²) in [5, 5.41) is 12.3. The van der Waals surface area contributed by atoms with Crippen molar-refractivity contribution in [2.45, 2.75) is 0 Å². The number of nitrogens with one attached hydrogen (secondary N) is 1. The maximum atomic E-state index is 5.49. The molecule has 5 aromatic rings. The van der Waals surface area contributed by atoms with Crippen molar-refractivity contribution in [1.29, 1.82) is 0 Å². The van der Waals surface area contributed by atoms with E-state index in [1.54, 1.807) is 0 Å². The normalized spacial score (nSPS) is 10.9. The van der Waals surface area contributed by atoms with Crippen molar-refractivity contribution in [2.75, 3.05) is 0 Å². The fourth-order valence-corrected chi connectivity index (χ4v) is 3.59. The number of aromatic nitrogens is 5. The molecule has 0 fully saturated rings. The number of hydrogen-bond acceptors (Lipinski definition) is 3. The van der Waals surface area contributed by atoms with Crippen molar-refractivity contribution in [3.8, 4) is 34.2 Å². The number of benzene rings is 3. The highest BCUT2D eigenvalue weighted by Gasteiger charge is 2.18. The van der Waals surface area contributed by atoms with Crippen LogP contribution >= 0.6 is 12.2 Å². The first-order valence-electron chi connectivity index (χ1n) is 9.25. The zero-order valence-electron chi connectivity index (χ0n) is 15.4. The summed E-state index contributed by atoms with van der Waals surface area (Å²) in [5.41, 5.74) is 4.73. The lowest BCUT2D eigenvalue weighted by Crippen LogP contribution is -2.00. The molecule has 0 radical (unpaired) electrons. The van der Waals surface area contributed by atoms with Gasteiger partial charge in [0, 0.05) is 5.56 Å². The maximum Gasteiger partial charge on any atom is 0.200 e. The van der Waals surface area contributed by atoms with Crippen molar-refractivity contribution in [3.63, 3.8) is 0 Å². The summed E-state index contributed by atoms with van der Waals surface area (Å²) >= 11 is 5.49. The first kappa shape index (κ1) is 17.3. The van der Waals surface area contributed by atoms with Crippen LogP contribution in [0.1, 0.15) is 0 Å². The predicted octanol–water partition coefficient (Wildman–Crippen LogP) is 5.45. The van der Waals surface area contributed by atoms with E-state index in [9.17, 15) is 0 Å². The summed E-state index contributed by atoms with van der Waals surface area (Å²) in [6.45, 7) is 0. The van der Waals surface area contributed by atoms with Gasteiger partial charge in [-0.05, 0) is 42.5 Å².